The average molecular weight is 454 g/mol. The molecule has 24 heavy (non-hydrogen) atoms. The summed E-state index contributed by atoms with van der Waals surface area (Å²) in [6.07, 6.45) is 4.86. The monoisotopic (exact) mass is 454 g/mol. The highest BCUT2D eigenvalue weighted by Gasteiger charge is 2.16. The molecule has 1 atom stereocenters. The lowest BCUT2D eigenvalue weighted by molar-refractivity contribution is 0.0420. The predicted octanol–water partition coefficient (Wildman–Crippen LogP) is 1.70. The number of aliphatic imine (C=N–C) groups is 1. The molecular formula is C17H35IN4O2. The zero-order valence-corrected chi connectivity index (χ0v) is 17.6. The van der Waals surface area contributed by atoms with Gasteiger partial charge in [0.1, 0.15) is 0 Å². The normalized spacial score (nSPS) is 23.1. The number of ether oxygens (including phenoxy) is 2. The number of halogens is 1. The maximum Gasteiger partial charge on any atom is 0.191 e. The van der Waals surface area contributed by atoms with E-state index in [0.29, 0.717) is 6.10 Å². The SMILES string of the molecule is CCNC(=NCC1CCN(C)CC1)NCCCOC1CCOC1.I. The molecule has 0 aromatic carbocycles. The van der Waals surface area contributed by atoms with Gasteiger partial charge in [-0.1, -0.05) is 0 Å². The smallest absolute Gasteiger partial charge is 0.191 e. The fraction of sp³-hybridized carbons (Fsp3) is 0.941. The molecule has 0 aromatic rings. The third-order valence-electron chi connectivity index (χ3n) is 4.54. The van der Waals surface area contributed by atoms with E-state index >= 15 is 0 Å². The number of nitrogens with one attached hydrogen (secondary N) is 2. The number of hydrogen-bond acceptors (Lipinski definition) is 4. The van der Waals surface area contributed by atoms with Crippen molar-refractivity contribution in [3.8, 4) is 0 Å². The lowest BCUT2D eigenvalue weighted by Gasteiger charge is -2.28. The Labute approximate surface area is 164 Å². The van der Waals surface area contributed by atoms with Crippen LogP contribution in [0.5, 0.6) is 0 Å². The Morgan fingerprint density at radius 3 is 2.71 bits per heavy atom. The van der Waals surface area contributed by atoms with E-state index in [1.54, 1.807) is 0 Å². The van der Waals surface area contributed by atoms with Crippen LogP contribution in [-0.4, -0.2) is 76.6 Å². The molecule has 2 saturated heterocycles. The van der Waals surface area contributed by atoms with Gasteiger partial charge in [0.25, 0.3) is 0 Å². The highest BCUT2D eigenvalue weighted by molar-refractivity contribution is 14.0. The van der Waals surface area contributed by atoms with E-state index in [2.05, 4.69) is 29.5 Å². The van der Waals surface area contributed by atoms with Crippen LogP contribution in [0.15, 0.2) is 4.99 Å². The third-order valence-corrected chi connectivity index (χ3v) is 4.54. The molecule has 0 aromatic heterocycles. The molecule has 0 aliphatic carbocycles. The molecule has 0 bridgehead atoms. The van der Waals surface area contributed by atoms with E-state index in [1.165, 1.54) is 25.9 Å². The quantitative estimate of drug-likeness (QED) is 0.253. The van der Waals surface area contributed by atoms with Gasteiger partial charge >= 0.3 is 0 Å². The van der Waals surface area contributed by atoms with Crippen molar-refractivity contribution in [2.75, 3.05) is 59.6 Å². The van der Waals surface area contributed by atoms with Gasteiger partial charge in [-0.15, -0.1) is 24.0 Å². The van der Waals surface area contributed by atoms with Crippen molar-refractivity contribution in [1.82, 2.24) is 15.5 Å². The minimum absolute atomic E-state index is 0. The van der Waals surface area contributed by atoms with Gasteiger partial charge in [0, 0.05) is 32.8 Å². The van der Waals surface area contributed by atoms with Gasteiger partial charge in [0.15, 0.2) is 5.96 Å². The van der Waals surface area contributed by atoms with E-state index in [1.807, 2.05) is 0 Å². The van der Waals surface area contributed by atoms with E-state index in [4.69, 9.17) is 14.5 Å². The summed E-state index contributed by atoms with van der Waals surface area (Å²) in [5.41, 5.74) is 0. The second kappa shape index (κ2) is 13.1. The molecule has 2 N–H and O–H groups in total. The highest BCUT2D eigenvalue weighted by atomic mass is 127. The fourth-order valence-electron chi connectivity index (χ4n) is 2.98. The van der Waals surface area contributed by atoms with Crippen molar-refractivity contribution in [2.45, 2.75) is 38.7 Å². The van der Waals surface area contributed by atoms with Crippen LogP contribution >= 0.6 is 24.0 Å². The number of hydrogen-bond donors (Lipinski definition) is 2. The standard InChI is InChI=1S/C17H34N4O2.HI/c1-3-18-17(20-13-15-5-9-21(2)10-6-15)19-8-4-11-23-16-7-12-22-14-16;/h15-16H,3-14H2,1-2H3,(H2,18,19,20);1H. The van der Waals surface area contributed by atoms with E-state index < -0.39 is 0 Å². The first-order valence-corrected chi connectivity index (χ1v) is 9.18. The minimum Gasteiger partial charge on any atom is -0.379 e. The van der Waals surface area contributed by atoms with Gasteiger partial charge in [-0.25, -0.2) is 0 Å². The highest BCUT2D eigenvalue weighted by Crippen LogP contribution is 2.15. The first-order valence-electron chi connectivity index (χ1n) is 9.18. The van der Waals surface area contributed by atoms with Gasteiger partial charge in [-0.2, -0.15) is 0 Å². The van der Waals surface area contributed by atoms with Crippen molar-refractivity contribution in [3.63, 3.8) is 0 Å². The van der Waals surface area contributed by atoms with Crippen LogP contribution in [-0.2, 0) is 9.47 Å². The van der Waals surface area contributed by atoms with Crippen molar-refractivity contribution in [1.29, 1.82) is 0 Å². The largest absolute Gasteiger partial charge is 0.379 e. The van der Waals surface area contributed by atoms with Crippen LogP contribution in [0.25, 0.3) is 0 Å². The molecule has 0 radical (unpaired) electrons. The molecular weight excluding hydrogens is 419 g/mol. The van der Waals surface area contributed by atoms with Gasteiger partial charge in [0.05, 0.1) is 12.7 Å². The number of nitrogens with zero attached hydrogens (tertiary/aromatic N) is 2. The summed E-state index contributed by atoms with van der Waals surface area (Å²) >= 11 is 0. The van der Waals surface area contributed by atoms with E-state index in [0.717, 1.165) is 64.2 Å². The predicted molar refractivity (Wildman–Crippen MR) is 109 cm³/mol. The average Bonchev–Trinajstić information content (AvgIpc) is 3.07. The van der Waals surface area contributed by atoms with Crippen LogP contribution in [0.1, 0.15) is 32.6 Å². The summed E-state index contributed by atoms with van der Waals surface area (Å²) in [7, 11) is 2.20. The zero-order valence-electron chi connectivity index (χ0n) is 15.3. The van der Waals surface area contributed by atoms with E-state index in [9.17, 15) is 0 Å². The zero-order chi connectivity index (χ0) is 16.3. The molecule has 2 heterocycles. The summed E-state index contributed by atoms with van der Waals surface area (Å²) in [4.78, 5) is 7.15. The lowest BCUT2D eigenvalue weighted by Crippen LogP contribution is -2.39. The second-order valence-electron chi connectivity index (χ2n) is 6.60. The van der Waals surface area contributed by atoms with Crippen LogP contribution < -0.4 is 10.6 Å². The van der Waals surface area contributed by atoms with Crippen LogP contribution in [0, 0.1) is 5.92 Å². The van der Waals surface area contributed by atoms with Crippen LogP contribution in [0.2, 0.25) is 0 Å². The van der Waals surface area contributed by atoms with Crippen molar-refractivity contribution in [3.05, 3.63) is 0 Å². The third kappa shape index (κ3) is 8.82. The fourth-order valence-corrected chi connectivity index (χ4v) is 2.98. The van der Waals surface area contributed by atoms with Crippen LogP contribution in [0.3, 0.4) is 0 Å². The molecule has 6 nitrogen and oxygen atoms in total. The minimum atomic E-state index is 0. The van der Waals surface area contributed by atoms with Gasteiger partial charge in [-0.05, 0) is 58.7 Å². The molecule has 0 amide bonds. The number of piperidine rings is 1. The molecule has 0 saturated carbocycles. The van der Waals surface area contributed by atoms with E-state index in [-0.39, 0.29) is 24.0 Å². The molecule has 7 heteroatoms. The number of guanidine groups is 1. The molecule has 0 spiro atoms. The Kier molecular flexibility index (Phi) is 12.0. The van der Waals surface area contributed by atoms with Crippen molar-refractivity contribution in [2.24, 2.45) is 10.9 Å². The topological polar surface area (TPSA) is 58.1 Å². The Hall–Kier alpha value is -0.120. The first kappa shape index (κ1) is 21.9. The number of rotatable bonds is 8. The molecule has 1 unspecified atom stereocenters. The first-order chi connectivity index (χ1) is 11.3. The maximum absolute atomic E-state index is 5.78. The Bertz CT molecular complexity index is 343. The molecule has 2 fully saturated rings. The molecule has 2 aliphatic heterocycles. The Morgan fingerprint density at radius 2 is 2.04 bits per heavy atom. The number of likely N-dealkylation sites (tertiary alicyclic amines) is 1. The Morgan fingerprint density at radius 1 is 1.25 bits per heavy atom. The van der Waals surface area contributed by atoms with Gasteiger partial charge in [0.2, 0.25) is 0 Å². The van der Waals surface area contributed by atoms with Gasteiger partial charge < -0.3 is 25.0 Å². The van der Waals surface area contributed by atoms with Crippen molar-refractivity contribution >= 4 is 29.9 Å². The summed E-state index contributed by atoms with van der Waals surface area (Å²) in [6, 6.07) is 0. The Balaban J connectivity index is 0.00000288. The molecule has 2 rings (SSSR count). The second-order valence-corrected chi connectivity index (χ2v) is 6.60. The lowest BCUT2D eigenvalue weighted by atomic mass is 9.97. The maximum atomic E-state index is 5.78. The summed E-state index contributed by atoms with van der Waals surface area (Å²) in [5.74, 6) is 1.67. The van der Waals surface area contributed by atoms with Crippen LogP contribution in [0.4, 0.5) is 0 Å². The van der Waals surface area contributed by atoms with Crippen molar-refractivity contribution < 1.29 is 9.47 Å². The summed E-state index contributed by atoms with van der Waals surface area (Å²) in [6.45, 7) is 9.62. The molecule has 142 valence electrons. The van der Waals surface area contributed by atoms with Gasteiger partial charge in [-0.3, -0.25) is 4.99 Å². The summed E-state index contributed by atoms with van der Waals surface area (Å²) in [5, 5.41) is 6.74. The molecule has 2 aliphatic rings. The summed E-state index contributed by atoms with van der Waals surface area (Å²) < 4.78 is 11.1.